The molecule has 1 N–H and O–H groups in total. The predicted octanol–water partition coefficient (Wildman–Crippen LogP) is 4.50. The number of nitro benzene ring substituents is 1. The second kappa shape index (κ2) is 6.11. The average molecular weight is 373 g/mol. The molecule has 0 aliphatic carbocycles. The molecule has 108 valence electrons. The first-order valence-electron chi connectivity index (χ1n) is 5.52. The zero-order valence-electron chi connectivity index (χ0n) is 10.2. The van der Waals surface area contributed by atoms with Gasteiger partial charge in [-0.1, -0.05) is 27.5 Å². The molecule has 0 radical (unpaired) electrons. The zero-order valence-corrected chi connectivity index (χ0v) is 12.6. The van der Waals surface area contributed by atoms with Gasteiger partial charge in [-0.15, -0.1) is 0 Å². The van der Waals surface area contributed by atoms with E-state index in [9.17, 15) is 14.9 Å². The van der Waals surface area contributed by atoms with Crippen LogP contribution in [0.25, 0.3) is 0 Å². The Kier molecular flexibility index (Phi) is 4.44. The van der Waals surface area contributed by atoms with Crippen molar-refractivity contribution in [2.75, 3.05) is 0 Å². The van der Waals surface area contributed by atoms with Gasteiger partial charge in [-0.25, -0.2) is 4.79 Å². The fourth-order valence-corrected chi connectivity index (χ4v) is 2.29. The van der Waals surface area contributed by atoms with Crippen molar-refractivity contribution in [3.63, 3.8) is 0 Å². The number of halogens is 2. The Morgan fingerprint density at radius 3 is 2.52 bits per heavy atom. The van der Waals surface area contributed by atoms with Crippen LogP contribution in [0.15, 0.2) is 40.9 Å². The second-order valence-electron chi connectivity index (χ2n) is 3.95. The highest BCUT2D eigenvalue weighted by Crippen LogP contribution is 2.32. The minimum absolute atomic E-state index is 0.0485. The molecule has 0 aliphatic rings. The highest BCUT2D eigenvalue weighted by atomic mass is 79.9. The topological polar surface area (TPSA) is 89.7 Å². The summed E-state index contributed by atoms with van der Waals surface area (Å²) in [5.74, 6) is -0.561. The van der Waals surface area contributed by atoms with Crippen molar-refractivity contribution in [1.82, 2.24) is 0 Å². The standard InChI is InChI=1S/C13H7BrClNO5/c14-8-3-7(13(17)18)4-10(5-8)21-9-1-2-12(16(19)20)11(15)6-9/h1-6H,(H,17,18). The van der Waals surface area contributed by atoms with E-state index in [4.69, 9.17) is 21.4 Å². The first kappa shape index (κ1) is 15.3. The van der Waals surface area contributed by atoms with Gasteiger partial charge in [0.15, 0.2) is 0 Å². The van der Waals surface area contributed by atoms with Crippen molar-refractivity contribution in [1.29, 1.82) is 0 Å². The van der Waals surface area contributed by atoms with E-state index in [0.29, 0.717) is 4.47 Å². The molecule has 2 aromatic rings. The number of aromatic carboxylic acids is 1. The van der Waals surface area contributed by atoms with Crippen molar-refractivity contribution < 1.29 is 19.6 Å². The van der Waals surface area contributed by atoms with E-state index in [1.165, 1.54) is 30.3 Å². The highest BCUT2D eigenvalue weighted by Gasteiger charge is 2.13. The lowest BCUT2D eigenvalue weighted by Crippen LogP contribution is -1.97. The van der Waals surface area contributed by atoms with Crippen LogP contribution < -0.4 is 4.74 Å². The van der Waals surface area contributed by atoms with Gasteiger partial charge >= 0.3 is 5.97 Å². The summed E-state index contributed by atoms with van der Waals surface area (Å²) in [7, 11) is 0. The van der Waals surface area contributed by atoms with E-state index in [2.05, 4.69) is 15.9 Å². The molecular weight excluding hydrogens is 366 g/mol. The van der Waals surface area contributed by atoms with Crippen molar-refractivity contribution >= 4 is 39.2 Å². The molecule has 2 aromatic carbocycles. The summed E-state index contributed by atoms with van der Waals surface area (Å²) in [6.07, 6.45) is 0. The van der Waals surface area contributed by atoms with Crippen molar-refractivity contribution in [2.24, 2.45) is 0 Å². The fraction of sp³-hybridized carbons (Fsp3) is 0. The second-order valence-corrected chi connectivity index (χ2v) is 5.28. The number of carboxylic acid groups (broad SMARTS) is 1. The summed E-state index contributed by atoms with van der Waals surface area (Å²) < 4.78 is 6.00. The number of hydrogen-bond donors (Lipinski definition) is 1. The van der Waals surface area contributed by atoms with Crippen molar-refractivity contribution in [3.05, 3.63) is 61.6 Å². The van der Waals surface area contributed by atoms with Gasteiger partial charge in [0, 0.05) is 16.6 Å². The molecule has 6 nitrogen and oxygen atoms in total. The molecule has 0 aliphatic heterocycles. The van der Waals surface area contributed by atoms with Crippen LogP contribution in [0, 0.1) is 10.1 Å². The molecule has 2 rings (SSSR count). The summed E-state index contributed by atoms with van der Waals surface area (Å²) in [6.45, 7) is 0. The maximum atomic E-state index is 11.0. The molecule has 0 spiro atoms. The smallest absolute Gasteiger partial charge is 0.335 e. The van der Waals surface area contributed by atoms with Crippen molar-refractivity contribution in [2.45, 2.75) is 0 Å². The monoisotopic (exact) mass is 371 g/mol. The van der Waals surface area contributed by atoms with Gasteiger partial charge < -0.3 is 9.84 Å². The lowest BCUT2D eigenvalue weighted by atomic mass is 10.2. The Morgan fingerprint density at radius 1 is 1.24 bits per heavy atom. The zero-order chi connectivity index (χ0) is 15.6. The van der Waals surface area contributed by atoms with E-state index in [0.717, 1.165) is 0 Å². The summed E-state index contributed by atoms with van der Waals surface area (Å²) in [4.78, 5) is 21.0. The number of carbonyl (C=O) groups is 1. The number of nitrogens with zero attached hydrogens (tertiary/aromatic N) is 1. The van der Waals surface area contributed by atoms with Crippen LogP contribution >= 0.6 is 27.5 Å². The van der Waals surface area contributed by atoms with Gasteiger partial charge in [0.05, 0.1) is 10.5 Å². The molecule has 0 atom stereocenters. The summed E-state index contributed by atoms with van der Waals surface area (Å²) in [5.41, 5.74) is -0.183. The van der Waals surface area contributed by atoms with E-state index < -0.39 is 10.9 Å². The van der Waals surface area contributed by atoms with Gasteiger partial charge in [-0.2, -0.15) is 0 Å². The highest BCUT2D eigenvalue weighted by molar-refractivity contribution is 9.10. The molecule has 0 fully saturated rings. The van der Waals surface area contributed by atoms with Crippen LogP contribution in [-0.4, -0.2) is 16.0 Å². The third-order valence-corrected chi connectivity index (χ3v) is 3.23. The fourth-order valence-electron chi connectivity index (χ4n) is 1.58. The first-order chi connectivity index (χ1) is 9.86. The summed E-state index contributed by atoms with van der Waals surface area (Å²) in [5, 5.41) is 19.6. The van der Waals surface area contributed by atoms with Crippen LogP contribution in [0.3, 0.4) is 0 Å². The maximum absolute atomic E-state index is 11.0. The SMILES string of the molecule is O=C(O)c1cc(Br)cc(Oc2ccc([N+](=O)[O-])c(Cl)c2)c1. The molecule has 0 heterocycles. The third kappa shape index (κ3) is 3.71. The lowest BCUT2D eigenvalue weighted by molar-refractivity contribution is -0.384. The Bertz CT molecular complexity index is 734. The van der Waals surface area contributed by atoms with Crippen LogP contribution in [-0.2, 0) is 0 Å². The van der Waals surface area contributed by atoms with Gasteiger partial charge in [-0.05, 0) is 24.3 Å². The van der Waals surface area contributed by atoms with Gasteiger partial charge in [0.2, 0.25) is 0 Å². The van der Waals surface area contributed by atoms with Gasteiger partial charge in [0.1, 0.15) is 16.5 Å². The number of ether oxygens (including phenoxy) is 1. The van der Waals surface area contributed by atoms with E-state index >= 15 is 0 Å². The first-order valence-corrected chi connectivity index (χ1v) is 6.69. The quantitative estimate of drug-likeness (QED) is 0.630. The van der Waals surface area contributed by atoms with E-state index in [1.54, 1.807) is 6.07 Å². The van der Waals surface area contributed by atoms with Crippen LogP contribution in [0.2, 0.25) is 5.02 Å². The van der Waals surface area contributed by atoms with Gasteiger partial charge in [-0.3, -0.25) is 10.1 Å². The molecule has 8 heteroatoms. The molecule has 21 heavy (non-hydrogen) atoms. The molecule has 0 aromatic heterocycles. The Morgan fingerprint density at radius 2 is 1.95 bits per heavy atom. The van der Waals surface area contributed by atoms with Crippen LogP contribution in [0.5, 0.6) is 11.5 Å². The lowest BCUT2D eigenvalue weighted by Gasteiger charge is -2.08. The minimum Gasteiger partial charge on any atom is -0.478 e. The Labute approximate surface area is 132 Å². The number of benzene rings is 2. The summed E-state index contributed by atoms with van der Waals surface area (Å²) in [6, 6.07) is 8.22. The number of carboxylic acids is 1. The maximum Gasteiger partial charge on any atom is 0.335 e. The molecule has 0 bridgehead atoms. The molecule has 0 unspecified atom stereocenters. The van der Waals surface area contributed by atoms with Crippen LogP contribution in [0.1, 0.15) is 10.4 Å². The van der Waals surface area contributed by atoms with Gasteiger partial charge in [0.25, 0.3) is 5.69 Å². The number of nitro groups is 1. The Balaban J connectivity index is 2.32. The molecule has 0 saturated heterocycles. The largest absolute Gasteiger partial charge is 0.478 e. The molecule has 0 saturated carbocycles. The third-order valence-electron chi connectivity index (χ3n) is 2.47. The number of rotatable bonds is 4. The molecule has 0 amide bonds. The normalized spacial score (nSPS) is 10.2. The predicted molar refractivity (Wildman–Crippen MR) is 79.3 cm³/mol. The van der Waals surface area contributed by atoms with E-state index in [-0.39, 0.29) is 27.8 Å². The number of hydrogen-bond acceptors (Lipinski definition) is 4. The van der Waals surface area contributed by atoms with Crippen molar-refractivity contribution in [3.8, 4) is 11.5 Å². The average Bonchev–Trinajstić information content (AvgIpc) is 2.37. The van der Waals surface area contributed by atoms with Crippen LogP contribution in [0.4, 0.5) is 5.69 Å². The molecular formula is C13H7BrClNO5. The Hall–Kier alpha value is -2.12. The summed E-state index contributed by atoms with van der Waals surface area (Å²) >= 11 is 8.96. The minimum atomic E-state index is -1.09. The van der Waals surface area contributed by atoms with E-state index in [1.807, 2.05) is 0 Å².